The van der Waals surface area contributed by atoms with Crippen molar-refractivity contribution in [1.82, 2.24) is 0 Å². The fourth-order valence-electron chi connectivity index (χ4n) is 2.70. The van der Waals surface area contributed by atoms with Gasteiger partial charge in [-0.05, 0) is 36.0 Å². The highest BCUT2D eigenvalue weighted by Gasteiger charge is 2.34. The van der Waals surface area contributed by atoms with E-state index in [0.717, 1.165) is 5.56 Å². The van der Waals surface area contributed by atoms with Gasteiger partial charge in [-0.15, -0.1) is 0 Å². The van der Waals surface area contributed by atoms with Crippen LogP contribution in [0.25, 0.3) is 0 Å². The van der Waals surface area contributed by atoms with Crippen molar-refractivity contribution in [1.29, 1.82) is 0 Å². The average molecular weight is 317 g/mol. The fourth-order valence-corrected chi connectivity index (χ4v) is 2.70. The molecule has 1 aliphatic rings. The Hall–Kier alpha value is -2.30. The van der Waals surface area contributed by atoms with E-state index < -0.39 is 17.8 Å². The lowest BCUT2D eigenvalue weighted by atomic mass is 9.82. The molecule has 1 amide bonds. The van der Waals surface area contributed by atoms with Crippen molar-refractivity contribution in [3.05, 3.63) is 35.9 Å². The molecule has 0 saturated heterocycles. The molecule has 0 heterocycles. The number of carboxylic acids is 1. The molecule has 5 heteroatoms. The number of phenols is 1. The van der Waals surface area contributed by atoms with E-state index in [1.807, 2.05) is 32.9 Å². The van der Waals surface area contributed by atoms with Crippen LogP contribution < -0.4 is 5.32 Å². The maximum Gasteiger partial charge on any atom is 0.307 e. The minimum absolute atomic E-state index is 0.0235. The maximum absolute atomic E-state index is 12.5. The number of hydrogen-bond acceptors (Lipinski definition) is 3. The summed E-state index contributed by atoms with van der Waals surface area (Å²) in [4.78, 5) is 23.8. The van der Waals surface area contributed by atoms with Crippen LogP contribution in [0.4, 0.5) is 5.69 Å². The number of rotatable bonds is 3. The largest absolute Gasteiger partial charge is 0.506 e. The summed E-state index contributed by atoms with van der Waals surface area (Å²) in [7, 11) is 0. The molecule has 5 nitrogen and oxygen atoms in total. The summed E-state index contributed by atoms with van der Waals surface area (Å²) in [6, 6.07) is 5.10. The molecule has 0 spiro atoms. The minimum atomic E-state index is -0.970. The lowest BCUT2D eigenvalue weighted by molar-refractivity contribution is -0.146. The van der Waals surface area contributed by atoms with Gasteiger partial charge in [-0.25, -0.2) is 0 Å². The number of hydrogen-bond donors (Lipinski definition) is 3. The van der Waals surface area contributed by atoms with Crippen LogP contribution in [0.2, 0.25) is 0 Å². The van der Waals surface area contributed by atoms with Crippen LogP contribution in [0.15, 0.2) is 30.4 Å². The maximum atomic E-state index is 12.5. The van der Waals surface area contributed by atoms with Crippen molar-refractivity contribution in [2.24, 2.45) is 11.8 Å². The van der Waals surface area contributed by atoms with Gasteiger partial charge in [0.25, 0.3) is 0 Å². The van der Waals surface area contributed by atoms with Gasteiger partial charge in [0.2, 0.25) is 5.91 Å². The number of carbonyl (C=O) groups excluding carboxylic acids is 1. The van der Waals surface area contributed by atoms with E-state index in [-0.39, 0.29) is 17.1 Å². The Balaban J connectivity index is 2.23. The fraction of sp³-hybridized carbons (Fsp3) is 0.444. The van der Waals surface area contributed by atoms with Gasteiger partial charge >= 0.3 is 5.97 Å². The van der Waals surface area contributed by atoms with Crippen molar-refractivity contribution >= 4 is 17.6 Å². The lowest BCUT2D eigenvalue weighted by Crippen LogP contribution is -2.34. The first-order valence-corrected chi connectivity index (χ1v) is 7.72. The zero-order valence-electron chi connectivity index (χ0n) is 13.7. The molecular formula is C18H23NO4. The number of carbonyl (C=O) groups is 2. The molecule has 0 aliphatic heterocycles. The molecule has 23 heavy (non-hydrogen) atoms. The number of aliphatic carboxylic acids is 1. The number of amides is 1. The van der Waals surface area contributed by atoms with Gasteiger partial charge in [-0.1, -0.05) is 39.0 Å². The Morgan fingerprint density at radius 1 is 1.13 bits per heavy atom. The Bertz CT molecular complexity index is 643. The summed E-state index contributed by atoms with van der Waals surface area (Å²) >= 11 is 0. The van der Waals surface area contributed by atoms with Crippen LogP contribution in [0.5, 0.6) is 5.75 Å². The van der Waals surface area contributed by atoms with E-state index >= 15 is 0 Å². The van der Waals surface area contributed by atoms with E-state index in [4.69, 9.17) is 0 Å². The van der Waals surface area contributed by atoms with Crippen molar-refractivity contribution < 1.29 is 19.8 Å². The van der Waals surface area contributed by atoms with Crippen LogP contribution in [0.3, 0.4) is 0 Å². The first-order chi connectivity index (χ1) is 10.7. The second kappa shape index (κ2) is 6.44. The molecular weight excluding hydrogens is 294 g/mol. The molecule has 2 rings (SSSR count). The number of allylic oxidation sites excluding steroid dienone is 2. The van der Waals surface area contributed by atoms with Crippen LogP contribution in [-0.2, 0) is 15.0 Å². The smallest absolute Gasteiger partial charge is 0.307 e. The molecule has 1 aliphatic carbocycles. The quantitative estimate of drug-likeness (QED) is 0.590. The Morgan fingerprint density at radius 2 is 1.74 bits per heavy atom. The molecule has 0 fully saturated rings. The standard InChI is InChI=1S/C18H23NO4/c1-18(2,3)11-8-9-15(20)14(10-11)19-16(21)12-6-4-5-7-13(12)17(22)23/h4-5,8-10,12-13,20H,6-7H2,1-3H3,(H,19,21)(H,22,23)/t12-,13+/m1/s1. The van der Waals surface area contributed by atoms with Crippen molar-refractivity contribution in [2.45, 2.75) is 39.0 Å². The van der Waals surface area contributed by atoms with Crippen LogP contribution >= 0.6 is 0 Å². The van der Waals surface area contributed by atoms with Gasteiger partial charge in [0.1, 0.15) is 5.75 Å². The van der Waals surface area contributed by atoms with E-state index in [1.165, 1.54) is 0 Å². The number of nitrogens with one attached hydrogen (secondary N) is 1. The second-order valence-electron chi connectivity index (χ2n) is 6.97. The molecule has 124 valence electrons. The molecule has 1 aromatic carbocycles. The molecule has 0 bridgehead atoms. The molecule has 1 aromatic rings. The summed E-state index contributed by atoms with van der Waals surface area (Å²) in [5.41, 5.74) is 1.18. The van der Waals surface area contributed by atoms with Crippen molar-refractivity contribution in [2.75, 3.05) is 5.32 Å². The Morgan fingerprint density at radius 3 is 2.30 bits per heavy atom. The first kappa shape index (κ1) is 17.1. The molecule has 0 radical (unpaired) electrons. The molecule has 2 atom stereocenters. The Labute approximate surface area is 136 Å². The number of aromatic hydroxyl groups is 1. The van der Waals surface area contributed by atoms with E-state index in [2.05, 4.69) is 5.32 Å². The summed E-state index contributed by atoms with van der Waals surface area (Å²) < 4.78 is 0. The highest BCUT2D eigenvalue weighted by molar-refractivity contribution is 5.96. The zero-order valence-corrected chi connectivity index (χ0v) is 13.7. The van der Waals surface area contributed by atoms with E-state index in [0.29, 0.717) is 18.5 Å². The highest BCUT2D eigenvalue weighted by atomic mass is 16.4. The third-order valence-electron chi connectivity index (χ3n) is 4.21. The Kier molecular flexibility index (Phi) is 4.78. The molecule has 0 aromatic heterocycles. The lowest BCUT2D eigenvalue weighted by Gasteiger charge is -2.25. The highest BCUT2D eigenvalue weighted by Crippen LogP contribution is 2.32. The molecule has 0 unspecified atom stereocenters. The SMILES string of the molecule is CC(C)(C)c1ccc(O)c(NC(=O)[C@@H]2CC=CC[C@@H]2C(=O)O)c1. The van der Waals surface area contributed by atoms with Gasteiger partial charge in [-0.2, -0.15) is 0 Å². The number of phenolic OH excluding ortho intramolecular Hbond substituents is 1. The van der Waals surface area contributed by atoms with Gasteiger partial charge in [0.15, 0.2) is 0 Å². The number of carboxylic acid groups (broad SMARTS) is 1. The predicted octanol–water partition coefficient (Wildman–Crippen LogP) is 3.30. The van der Waals surface area contributed by atoms with E-state index in [1.54, 1.807) is 18.2 Å². The monoisotopic (exact) mass is 317 g/mol. The summed E-state index contributed by atoms with van der Waals surface area (Å²) in [5.74, 6) is -2.72. The van der Waals surface area contributed by atoms with Gasteiger partial charge < -0.3 is 15.5 Å². The average Bonchev–Trinajstić information content (AvgIpc) is 2.48. The molecule has 0 saturated carbocycles. The summed E-state index contributed by atoms with van der Waals surface area (Å²) in [6.45, 7) is 6.12. The summed E-state index contributed by atoms with van der Waals surface area (Å²) in [5, 5.41) is 21.9. The van der Waals surface area contributed by atoms with Gasteiger partial charge in [0, 0.05) is 0 Å². The van der Waals surface area contributed by atoms with Crippen LogP contribution in [0, 0.1) is 11.8 Å². The minimum Gasteiger partial charge on any atom is -0.506 e. The first-order valence-electron chi connectivity index (χ1n) is 7.72. The third kappa shape index (κ3) is 3.92. The van der Waals surface area contributed by atoms with Crippen LogP contribution in [-0.4, -0.2) is 22.1 Å². The van der Waals surface area contributed by atoms with Gasteiger partial charge in [-0.3, -0.25) is 9.59 Å². The molecule has 3 N–H and O–H groups in total. The van der Waals surface area contributed by atoms with E-state index in [9.17, 15) is 19.8 Å². The normalized spacial score (nSPS) is 21.0. The topological polar surface area (TPSA) is 86.6 Å². The third-order valence-corrected chi connectivity index (χ3v) is 4.21. The zero-order chi connectivity index (χ0) is 17.2. The number of anilines is 1. The number of benzene rings is 1. The van der Waals surface area contributed by atoms with Crippen molar-refractivity contribution in [3.63, 3.8) is 0 Å². The van der Waals surface area contributed by atoms with Crippen molar-refractivity contribution in [3.8, 4) is 5.75 Å². The van der Waals surface area contributed by atoms with Crippen LogP contribution in [0.1, 0.15) is 39.2 Å². The van der Waals surface area contributed by atoms with Gasteiger partial charge in [0.05, 0.1) is 17.5 Å². The second-order valence-corrected chi connectivity index (χ2v) is 6.97. The predicted molar refractivity (Wildman–Crippen MR) is 88.4 cm³/mol. The summed E-state index contributed by atoms with van der Waals surface area (Å²) in [6.07, 6.45) is 4.36.